The highest BCUT2D eigenvalue weighted by Crippen LogP contribution is 1.99. The Bertz CT molecular complexity index is 236. The predicted molar refractivity (Wildman–Crippen MR) is 69.7 cm³/mol. The number of carbonyl (C=O) groups excluding carboxylic acids is 2. The standard InChI is InChI=1S/C13H26N2O2/c1-5-8-15(9-6-2)13(17)10-12(16)14-11(4)7-3/h11H,5-10H2,1-4H3,(H,14,16). The highest BCUT2D eigenvalue weighted by molar-refractivity contribution is 5.96. The molecule has 0 radical (unpaired) electrons. The van der Waals surface area contributed by atoms with Crippen molar-refractivity contribution in [1.29, 1.82) is 0 Å². The van der Waals surface area contributed by atoms with E-state index in [1.807, 2.05) is 27.7 Å². The summed E-state index contributed by atoms with van der Waals surface area (Å²) in [6.45, 7) is 9.50. The maximum absolute atomic E-state index is 11.9. The number of nitrogens with one attached hydrogen (secondary N) is 1. The van der Waals surface area contributed by atoms with Crippen LogP contribution in [0.4, 0.5) is 0 Å². The first-order valence-electron chi connectivity index (χ1n) is 6.62. The van der Waals surface area contributed by atoms with Crippen LogP contribution in [0.25, 0.3) is 0 Å². The van der Waals surface area contributed by atoms with Crippen LogP contribution in [0, 0.1) is 0 Å². The molecule has 0 saturated carbocycles. The first kappa shape index (κ1) is 15.9. The Morgan fingerprint density at radius 2 is 1.65 bits per heavy atom. The largest absolute Gasteiger partial charge is 0.353 e. The molecule has 0 aromatic carbocycles. The second kappa shape index (κ2) is 9.02. The van der Waals surface area contributed by atoms with E-state index >= 15 is 0 Å². The summed E-state index contributed by atoms with van der Waals surface area (Å²) in [5.41, 5.74) is 0. The van der Waals surface area contributed by atoms with Crippen molar-refractivity contribution in [1.82, 2.24) is 10.2 Å². The van der Waals surface area contributed by atoms with Gasteiger partial charge in [0, 0.05) is 19.1 Å². The van der Waals surface area contributed by atoms with Gasteiger partial charge in [0.2, 0.25) is 11.8 Å². The van der Waals surface area contributed by atoms with Gasteiger partial charge in [-0.3, -0.25) is 9.59 Å². The van der Waals surface area contributed by atoms with Crippen molar-refractivity contribution in [2.24, 2.45) is 0 Å². The molecule has 0 fully saturated rings. The van der Waals surface area contributed by atoms with Crippen LogP contribution in [0.5, 0.6) is 0 Å². The van der Waals surface area contributed by atoms with E-state index in [1.165, 1.54) is 0 Å². The SMILES string of the molecule is CCCN(CCC)C(=O)CC(=O)NC(C)CC. The van der Waals surface area contributed by atoms with Crippen LogP contribution in [0.2, 0.25) is 0 Å². The summed E-state index contributed by atoms with van der Waals surface area (Å²) < 4.78 is 0. The summed E-state index contributed by atoms with van der Waals surface area (Å²) >= 11 is 0. The van der Waals surface area contributed by atoms with Crippen molar-refractivity contribution in [2.75, 3.05) is 13.1 Å². The molecule has 1 unspecified atom stereocenters. The van der Waals surface area contributed by atoms with Gasteiger partial charge in [-0.1, -0.05) is 20.8 Å². The molecule has 0 bridgehead atoms. The number of rotatable bonds is 8. The highest BCUT2D eigenvalue weighted by Gasteiger charge is 2.16. The molecule has 0 spiro atoms. The van der Waals surface area contributed by atoms with Crippen LogP contribution in [0.15, 0.2) is 0 Å². The average molecular weight is 242 g/mol. The third kappa shape index (κ3) is 6.97. The topological polar surface area (TPSA) is 49.4 Å². The maximum Gasteiger partial charge on any atom is 0.232 e. The fourth-order valence-electron chi connectivity index (χ4n) is 1.58. The van der Waals surface area contributed by atoms with Crippen LogP contribution in [0.1, 0.15) is 53.4 Å². The smallest absolute Gasteiger partial charge is 0.232 e. The highest BCUT2D eigenvalue weighted by atomic mass is 16.2. The third-order valence-electron chi connectivity index (χ3n) is 2.67. The lowest BCUT2D eigenvalue weighted by Crippen LogP contribution is -2.39. The lowest BCUT2D eigenvalue weighted by Gasteiger charge is -2.21. The lowest BCUT2D eigenvalue weighted by molar-refractivity contribution is -0.136. The second-order valence-corrected chi connectivity index (χ2v) is 4.43. The average Bonchev–Trinajstić information content (AvgIpc) is 2.28. The molecular weight excluding hydrogens is 216 g/mol. The molecule has 4 heteroatoms. The van der Waals surface area contributed by atoms with Crippen molar-refractivity contribution >= 4 is 11.8 Å². The minimum atomic E-state index is -0.165. The number of hydrogen-bond acceptors (Lipinski definition) is 2. The summed E-state index contributed by atoms with van der Waals surface area (Å²) in [5.74, 6) is -0.226. The molecule has 0 heterocycles. The van der Waals surface area contributed by atoms with Gasteiger partial charge in [0.05, 0.1) is 0 Å². The molecule has 0 aliphatic rings. The van der Waals surface area contributed by atoms with E-state index in [1.54, 1.807) is 4.90 Å². The summed E-state index contributed by atoms with van der Waals surface area (Å²) in [4.78, 5) is 25.2. The summed E-state index contributed by atoms with van der Waals surface area (Å²) in [6.07, 6.45) is 2.72. The molecule has 17 heavy (non-hydrogen) atoms. The summed E-state index contributed by atoms with van der Waals surface area (Å²) in [5, 5.41) is 2.81. The van der Waals surface area contributed by atoms with Crippen molar-refractivity contribution in [3.8, 4) is 0 Å². The molecule has 1 atom stereocenters. The summed E-state index contributed by atoms with van der Waals surface area (Å²) in [6, 6.07) is 0.140. The van der Waals surface area contributed by atoms with Crippen molar-refractivity contribution in [3.05, 3.63) is 0 Å². The van der Waals surface area contributed by atoms with Crippen LogP contribution >= 0.6 is 0 Å². The van der Waals surface area contributed by atoms with Crippen LogP contribution in [-0.4, -0.2) is 35.8 Å². The molecule has 0 aromatic heterocycles. The van der Waals surface area contributed by atoms with Crippen LogP contribution in [0.3, 0.4) is 0 Å². The molecule has 0 aliphatic carbocycles. The van der Waals surface area contributed by atoms with Gasteiger partial charge in [-0.05, 0) is 26.2 Å². The molecule has 0 saturated heterocycles. The Morgan fingerprint density at radius 1 is 1.12 bits per heavy atom. The van der Waals surface area contributed by atoms with Crippen LogP contribution < -0.4 is 5.32 Å². The van der Waals surface area contributed by atoms with Gasteiger partial charge in [-0.15, -0.1) is 0 Å². The van der Waals surface area contributed by atoms with E-state index in [2.05, 4.69) is 5.32 Å². The Morgan fingerprint density at radius 3 is 2.06 bits per heavy atom. The normalized spacial score (nSPS) is 12.0. The first-order valence-corrected chi connectivity index (χ1v) is 6.62. The Kier molecular flexibility index (Phi) is 8.46. The molecule has 1 N–H and O–H groups in total. The number of nitrogens with zero attached hydrogens (tertiary/aromatic N) is 1. The zero-order valence-corrected chi connectivity index (χ0v) is 11.6. The number of hydrogen-bond donors (Lipinski definition) is 1. The molecule has 2 amide bonds. The van der Waals surface area contributed by atoms with E-state index in [0.717, 1.165) is 32.4 Å². The molecular formula is C13H26N2O2. The predicted octanol–water partition coefficient (Wildman–Crippen LogP) is 1.94. The minimum Gasteiger partial charge on any atom is -0.353 e. The Hall–Kier alpha value is -1.06. The van der Waals surface area contributed by atoms with E-state index in [-0.39, 0.29) is 24.3 Å². The Balaban J connectivity index is 4.15. The fourth-order valence-corrected chi connectivity index (χ4v) is 1.58. The molecule has 4 nitrogen and oxygen atoms in total. The quantitative estimate of drug-likeness (QED) is 0.661. The van der Waals surface area contributed by atoms with Crippen molar-refractivity contribution in [2.45, 2.75) is 59.4 Å². The van der Waals surface area contributed by atoms with Gasteiger partial charge < -0.3 is 10.2 Å². The zero-order chi connectivity index (χ0) is 13.3. The Labute approximate surface area is 105 Å². The zero-order valence-electron chi connectivity index (χ0n) is 11.6. The second-order valence-electron chi connectivity index (χ2n) is 4.43. The fraction of sp³-hybridized carbons (Fsp3) is 0.846. The van der Waals surface area contributed by atoms with Gasteiger partial charge in [-0.2, -0.15) is 0 Å². The van der Waals surface area contributed by atoms with Gasteiger partial charge in [0.25, 0.3) is 0 Å². The van der Waals surface area contributed by atoms with Gasteiger partial charge in [0.1, 0.15) is 6.42 Å². The van der Waals surface area contributed by atoms with E-state index < -0.39 is 0 Å². The molecule has 100 valence electrons. The lowest BCUT2D eigenvalue weighted by atomic mass is 10.2. The monoisotopic (exact) mass is 242 g/mol. The summed E-state index contributed by atoms with van der Waals surface area (Å²) in [7, 11) is 0. The van der Waals surface area contributed by atoms with Crippen molar-refractivity contribution < 1.29 is 9.59 Å². The van der Waals surface area contributed by atoms with E-state index in [4.69, 9.17) is 0 Å². The van der Waals surface area contributed by atoms with Gasteiger partial charge in [-0.25, -0.2) is 0 Å². The molecule has 0 aliphatic heterocycles. The molecule has 0 aromatic rings. The molecule has 0 rings (SSSR count). The van der Waals surface area contributed by atoms with Gasteiger partial charge >= 0.3 is 0 Å². The van der Waals surface area contributed by atoms with E-state index in [0.29, 0.717) is 0 Å². The van der Waals surface area contributed by atoms with Crippen LogP contribution in [-0.2, 0) is 9.59 Å². The third-order valence-corrected chi connectivity index (χ3v) is 2.67. The number of amides is 2. The number of carbonyl (C=O) groups is 2. The van der Waals surface area contributed by atoms with Gasteiger partial charge in [0.15, 0.2) is 0 Å². The van der Waals surface area contributed by atoms with E-state index in [9.17, 15) is 9.59 Å². The van der Waals surface area contributed by atoms with Crippen molar-refractivity contribution in [3.63, 3.8) is 0 Å². The maximum atomic E-state index is 11.9. The first-order chi connectivity index (χ1) is 8.04. The minimum absolute atomic E-state index is 0.0235.